The van der Waals surface area contributed by atoms with Gasteiger partial charge in [-0.15, -0.1) is 11.3 Å². The van der Waals surface area contributed by atoms with Crippen molar-refractivity contribution in [3.05, 3.63) is 52.0 Å². The first-order valence-electron chi connectivity index (χ1n) is 6.43. The molecule has 1 N–H and O–H groups in total. The summed E-state index contributed by atoms with van der Waals surface area (Å²) in [6.07, 6.45) is 4.67. The van der Waals surface area contributed by atoms with Gasteiger partial charge < -0.3 is 5.32 Å². The van der Waals surface area contributed by atoms with Crippen LogP contribution in [0.4, 0.5) is 0 Å². The Kier molecular flexibility index (Phi) is 3.11. The standard InChI is InChI=1S/C15H16N2OS/c1-11-3-2-4-12(7-11)8-15(5-6-15)17-14(18)13-9-16-10-19-13/h2-4,7,9-10H,5-6,8H2,1H3,(H,17,18). The van der Waals surface area contributed by atoms with Gasteiger partial charge in [0, 0.05) is 5.54 Å². The van der Waals surface area contributed by atoms with Crippen molar-refractivity contribution in [3.63, 3.8) is 0 Å². The lowest BCUT2D eigenvalue weighted by atomic mass is 10.0. The van der Waals surface area contributed by atoms with Gasteiger partial charge in [-0.3, -0.25) is 9.78 Å². The predicted octanol–water partition coefficient (Wildman–Crippen LogP) is 2.96. The molecular weight excluding hydrogens is 256 g/mol. The molecule has 0 spiro atoms. The van der Waals surface area contributed by atoms with Crippen molar-refractivity contribution >= 4 is 17.2 Å². The molecule has 1 heterocycles. The second-order valence-corrected chi connectivity index (χ2v) is 6.15. The van der Waals surface area contributed by atoms with Crippen molar-refractivity contribution in [1.29, 1.82) is 0 Å². The van der Waals surface area contributed by atoms with Crippen LogP contribution in [-0.4, -0.2) is 16.4 Å². The maximum absolute atomic E-state index is 12.1. The van der Waals surface area contributed by atoms with Crippen LogP contribution in [0.2, 0.25) is 0 Å². The summed E-state index contributed by atoms with van der Waals surface area (Å²) in [7, 11) is 0. The van der Waals surface area contributed by atoms with Crippen LogP contribution in [0.5, 0.6) is 0 Å². The van der Waals surface area contributed by atoms with Crippen LogP contribution >= 0.6 is 11.3 Å². The van der Waals surface area contributed by atoms with Crippen molar-refractivity contribution in [2.75, 3.05) is 0 Å². The molecule has 3 nitrogen and oxygen atoms in total. The van der Waals surface area contributed by atoms with Crippen LogP contribution in [0.3, 0.4) is 0 Å². The summed E-state index contributed by atoms with van der Waals surface area (Å²) in [6.45, 7) is 2.10. The normalized spacial score (nSPS) is 16.1. The van der Waals surface area contributed by atoms with Crippen LogP contribution in [0.15, 0.2) is 36.0 Å². The predicted molar refractivity (Wildman–Crippen MR) is 76.4 cm³/mol. The summed E-state index contributed by atoms with van der Waals surface area (Å²) in [5.41, 5.74) is 4.22. The third-order valence-corrected chi connectivity index (χ3v) is 4.29. The first-order valence-corrected chi connectivity index (χ1v) is 7.31. The minimum atomic E-state index is -0.0329. The Balaban J connectivity index is 1.69. The highest BCUT2D eigenvalue weighted by atomic mass is 32.1. The molecule has 1 aromatic carbocycles. The van der Waals surface area contributed by atoms with Gasteiger partial charge in [0.15, 0.2) is 0 Å². The van der Waals surface area contributed by atoms with Gasteiger partial charge in [-0.05, 0) is 31.7 Å². The maximum Gasteiger partial charge on any atom is 0.263 e. The molecule has 2 aromatic rings. The molecular formula is C15H16N2OS. The molecule has 4 heteroatoms. The van der Waals surface area contributed by atoms with E-state index >= 15 is 0 Å². The number of aromatic nitrogens is 1. The molecule has 1 aliphatic carbocycles. The summed E-state index contributed by atoms with van der Waals surface area (Å²) in [6, 6.07) is 8.50. The smallest absolute Gasteiger partial charge is 0.263 e. The average Bonchev–Trinajstić information content (AvgIpc) is 2.93. The van der Waals surface area contributed by atoms with E-state index in [4.69, 9.17) is 0 Å². The van der Waals surface area contributed by atoms with Gasteiger partial charge >= 0.3 is 0 Å². The van der Waals surface area contributed by atoms with Gasteiger partial charge in [0.1, 0.15) is 4.88 Å². The van der Waals surface area contributed by atoms with Crippen LogP contribution < -0.4 is 5.32 Å². The van der Waals surface area contributed by atoms with E-state index in [1.54, 1.807) is 11.7 Å². The van der Waals surface area contributed by atoms with Crippen LogP contribution in [0, 0.1) is 6.92 Å². The number of benzene rings is 1. The number of hydrogen-bond acceptors (Lipinski definition) is 3. The largest absolute Gasteiger partial charge is 0.346 e. The molecule has 98 valence electrons. The lowest BCUT2D eigenvalue weighted by molar-refractivity contribution is 0.0935. The van der Waals surface area contributed by atoms with E-state index in [2.05, 4.69) is 41.5 Å². The molecule has 0 radical (unpaired) electrons. The summed E-state index contributed by atoms with van der Waals surface area (Å²) < 4.78 is 0. The molecule has 1 aliphatic rings. The van der Waals surface area contributed by atoms with Gasteiger partial charge in [-0.1, -0.05) is 29.8 Å². The fourth-order valence-electron chi connectivity index (χ4n) is 2.34. The zero-order chi connectivity index (χ0) is 13.3. The van der Waals surface area contributed by atoms with E-state index in [1.807, 2.05) is 0 Å². The highest BCUT2D eigenvalue weighted by Gasteiger charge is 2.44. The van der Waals surface area contributed by atoms with Crippen molar-refractivity contribution in [1.82, 2.24) is 10.3 Å². The van der Waals surface area contributed by atoms with Crippen LogP contribution in [-0.2, 0) is 6.42 Å². The van der Waals surface area contributed by atoms with E-state index in [1.165, 1.54) is 22.5 Å². The van der Waals surface area contributed by atoms with Crippen LogP contribution in [0.1, 0.15) is 33.6 Å². The Labute approximate surface area is 116 Å². The molecule has 0 unspecified atom stereocenters. The quantitative estimate of drug-likeness (QED) is 0.929. The van der Waals surface area contributed by atoms with Crippen LogP contribution in [0.25, 0.3) is 0 Å². The van der Waals surface area contributed by atoms with Gasteiger partial charge in [0.25, 0.3) is 5.91 Å². The third-order valence-electron chi connectivity index (χ3n) is 3.51. The zero-order valence-corrected chi connectivity index (χ0v) is 11.7. The van der Waals surface area contributed by atoms with Gasteiger partial charge in [0.2, 0.25) is 0 Å². The second kappa shape index (κ2) is 4.78. The monoisotopic (exact) mass is 272 g/mol. The summed E-state index contributed by atoms with van der Waals surface area (Å²) in [5.74, 6) is 0.00709. The molecule has 0 atom stereocenters. The van der Waals surface area contributed by atoms with Crippen molar-refractivity contribution < 1.29 is 4.79 Å². The van der Waals surface area contributed by atoms with Crippen molar-refractivity contribution in [2.45, 2.75) is 31.7 Å². The number of nitrogens with zero attached hydrogens (tertiary/aromatic N) is 1. The van der Waals surface area contributed by atoms with E-state index < -0.39 is 0 Å². The highest BCUT2D eigenvalue weighted by molar-refractivity contribution is 7.11. The van der Waals surface area contributed by atoms with E-state index in [9.17, 15) is 4.79 Å². The SMILES string of the molecule is Cc1cccc(CC2(NC(=O)c3cncs3)CC2)c1. The molecule has 0 saturated heterocycles. The molecule has 3 rings (SSSR count). The molecule has 1 fully saturated rings. The lowest BCUT2D eigenvalue weighted by Crippen LogP contribution is -2.38. The Bertz CT molecular complexity index is 588. The minimum Gasteiger partial charge on any atom is -0.346 e. The molecule has 1 aromatic heterocycles. The van der Waals surface area contributed by atoms with E-state index in [0.717, 1.165) is 19.3 Å². The number of amides is 1. The summed E-state index contributed by atoms with van der Waals surface area (Å²) >= 11 is 1.39. The zero-order valence-electron chi connectivity index (χ0n) is 10.8. The molecule has 1 saturated carbocycles. The van der Waals surface area contributed by atoms with Crippen molar-refractivity contribution in [3.8, 4) is 0 Å². The Morgan fingerprint density at radius 3 is 2.95 bits per heavy atom. The first kappa shape index (κ1) is 12.4. The van der Waals surface area contributed by atoms with Gasteiger partial charge in [-0.25, -0.2) is 0 Å². The highest BCUT2D eigenvalue weighted by Crippen LogP contribution is 2.39. The topological polar surface area (TPSA) is 42.0 Å². The Morgan fingerprint density at radius 1 is 1.47 bits per heavy atom. The summed E-state index contributed by atoms with van der Waals surface area (Å²) in [5, 5.41) is 3.17. The fourth-order valence-corrected chi connectivity index (χ4v) is 2.86. The Hall–Kier alpha value is -1.68. The van der Waals surface area contributed by atoms with Gasteiger partial charge in [-0.2, -0.15) is 0 Å². The first-order chi connectivity index (χ1) is 9.17. The van der Waals surface area contributed by atoms with E-state index in [0.29, 0.717) is 4.88 Å². The van der Waals surface area contributed by atoms with Crippen molar-refractivity contribution in [2.24, 2.45) is 0 Å². The molecule has 1 amide bonds. The Morgan fingerprint density at radius 2 is 2.32 bits per heavy atom. The maximum atomic E-state index is 12.1. The molecule has 0 bridgehead atoms. The third kappa shape index (κ3) is 2.84. The number of aryl methyl sites for hydroxylation is 1. The number of rotatable bonds is 4. The molecule has 0 aliphatic heterocycles. The minimum absolute atomic E-state index is 0.00709. The number of carbonyl (C=O) groups excluding carboxylic acids is 1. The fraction of sp³-hybridized carbons (Fsp3) is 0.333. The molecule has 19 heavy (non-hydrogen) atoms. The second-order valence-electron chi connectivity index (χ2n) is 5.27. The van der Waals surface area contributed by atoms with Gasteiger partial charge in [0.05, 0.1) is 11.7 Å². The van der Waals surface area contributed by atoms with E-state index in [-0.39, 0.29) is 11.4 Å². The number of carbonyl (C=O) groups is 1. The number of thiazole rings is 1. The number of hydrogen-bond donors (Lipinski definition) is 1. The summed E-state index contributed by atoms with van der Waals surface area (Å²) in [4.78, 5) is 16.7. The average molecular weight is 272 g/mol. The number of nitrogens with one attached hydrogen (secondary N) is 1. The lowest BCUT2D eigenvalue weighted by Gasteiger charge is -2.17.